The average molecular weight is 263 g/mol. The topological polar surface area (TPSA) is 61.4 Å². The van der Waals surface area contributed by atoms with E-state index in [2.05, 4.69) is 10.6 Å². The Morgan fingerprint density at radius 1 is 1.21 bits per heavy atom. The summed E-state index contributed by atoms with van der Waals surface area (Å²) in [5.41, 5.74) is 1.40. The molecule has 0 aliphatic heterocycles. The largest absolute Gasteiger partial charge is 0.376 e. The van der Waals surface area contributed by atoms with Crippen LogP contribution < -0.4 is 10.6 Å². The summed E-state index contributed by atoms with van der Waals surface area (Å²) >= 11 is 0. The van der Waals surface area contributed by atoms with Gasteiger partial charge < -0.3 is 15.5 Å². The lowest BCUT2D eigenvalue weighted by atomic mass is 10.1. The molecule has 0 heterocycles. The van der Waals surface area contributed by atoms with Crippen molar-refractivity contribution in [2.24, 2.45) is 0 Å². The van der Waals surface area contributed by atoms with Crippen LogP contribution in [0.3, 0.4) is 0 Å². The molecule has 0 fully saturated rings. The van der Waals surface area contributed by atoms with E-state index in [9.17, 15) is 9.59 Å². The van der Waals surface area contributed by atoms with Crippen LogP contribution in [0.2, 0.25) is 0 Å². The summed E-state index contributed by atoms with van der Waals surface area (Å²) in [5, 5.41) is 5.52. The maximum atomic E-state index is 12.2. The highest BCUT2D eigenvalue weighted by atomic mass is 16.2. The SMILES string of the molecule is CCN(CC)C(=O)c1cccc(NCC(=O)NC)c1. The van der Waals surface area contributed by atoms with E-state index < -0.39 is 0 Å². The highest BCUT2D eigenvalue weighted by Gasteiger charge is 2.12. The van der Waals surface area contributed by atoms with Crippen molar-refractivity contribution >= 4 is 17.5 Å². The molecule has 1 rings (SSSR count). The summed E-state index contributed by atoms with van der Waals surface area (Å²) in [6.45, 7) is 5.47. The lowest BCUT2D eigenvalue weighted by molar-refractivity contribution is -0.118. The van der Waals surface area contributed by atoms with Gasteiger partial charge in [0.25, 0.3) is 5.91 Å². The van der Waals surface area contributed by atoms with E-state index in [-0.39, 0.29) is 18.4 Å². The highest BCUT2D eigenvalue weighted by Crippen LogP contribution is 2.12. The van der Waals surface area contributed by atoms with E-state index in [0.29, 0.717) is 18.7 Å². The summed E-state index contributed by atoms with van der Waals surface area (Å²) in [7, 11) is 1.59. The Labute approximate surface area is 114 Å². The second-order valence-corrected chi connectivity index (χ2v) is 4.08. The molecule has 19 heavy (non-hydrogen) atoms. The highest BCUT2D eigenvalue weighted by molar-refractivity contribution is 5.95. The second kappa shape index (κ2) is 7.41. The molecule has 2 amide bonds. The van der Waals surface area contributed by atoms with E-state index in [1.54, 1.807) is 24.1 Å². The monoisotopic (exact) mass is 263 g/mol. The zero-order valence-corrected chi connectivity index (χ0v) is 11.7. The molecular weight excluding hydrogens is 242 g/mol. The van der Waals surface area contributed by atoms with Crippen molar-refractivity contribution in [3.05, 3.63) is 29.8 Å². The summed E-state index contributed by atoms with van der Waals surface area (Å²) < 4.78 is 0. The molecule has 1 aromatic carbocycles. The Bertz CT molecular complexity index is 442. The normalized spacial score (nSPS) is 9.84. The second-order valence-electron chi connectivity index (χ2n) is 4.08. The molecule has 5 heteroatoms. The molecule has 104 valence electrons. The number of likely N-dealkylation sites (N-methyl/N-ethyl adjacent to an activating group) is 1. The molecule has 0 bridgehead atoms. The number of carbonyl (C=O) groups excluding carboxylic acids is 2. The molecule has 0 atom stereocenters. The number of rotatable bonds is 6. The lowest BCUT2D eigenvalue weighted by Crippen LogP contribution is -2.30. The van der Waals surface area contributed by atoms with Gasteiger partial charge >= 0.3 is 0 Å². The van der Waals surface area contributed by atoms with Gasteiger partial charge in [-0.2, -0.15) is 0 Å². The first-order chi connectivity index (χ1) is 9.12. The smallest absolute Gasteiger partial charge is 0.253 e. The Hall–Kier alpha value is -2.04. The van der Waals surface area contributed by atoms with E-state index in [1.165, 1.54) is 0 Å². The molecular formula is C14H21N3O2. The predicted octanol–water partition coefficient (Wildman–Crippen LogP) is 1.33. The fourth-order valence-corrected chi connectivity index (χ4v) is 1.73. The minimum atomic E-state index is -0.0968. The minimum Gasteiger partial charge on any atom is -0.376 e. The number of hydrogen-bond donors (Lipinski definition) is 2. The van der Waals surface area contributed by atoms with Crippen LogP contribution in [0.5, 0.6) is 0 Å². The number of hydrogen-bond acceptors (Lipinski definition) is 3. The van der Waals surface area contributed by atoms with Crippen molar-refractivity contribution in [1.29, 1.82) is 0 Å². The predicted molar refractivity (Wildman–Crippen MR) is 76.2 cm³/mol. The van der Waals surface area contributed by atoms with Crippen molar-refractivity contribution in [2.45, 2.75) is 13.8 Å². The molecule has 0 spiro atoms. The van der Waals surface area contributed by atoms with Crippen molar-refractivity contribution in [2.75, 3.05) is 32.0 Å². The first kappa shape index (κ1) is 15.0. The van der Waals surface area contributed by atoms with E-state index in [4.69, 9.17) is 0 Å². The molecule has 0 saturated heterocycles. The molecule has 0 radical (unpaired) electrons. The summed E-state index contributed by atoms with van der Waals surface area (Å²) in [4.78, 5) is 25.1. The van der Waals surface area contributed by atoms with Gasteiger partial charge in [0.2, 0.25) is 5.91 Å². The average Bonchev–Trinajstić information content (AvgIpc) is 2.46. The summed E-state index contributed by atoms with van der Waals surface area (Å²) in [6, 6.07) is 7.19. The molecule has 0 aliphatic rings. The first-order valence-electron chi connectivity index (χ1n) is 6.46. The van der Waals surface area contributed by atoms with Crippen LogP contribution >= 0.6 is 0 Å². The molecule has 1 aromatic rings. The number of amides is 2. The number of carbonyl (C=O) groups is 2. The summed E-state index contributed by atoms with van der Waals surface area (Å²) in [5.74, 6) is -0.0888. The first-order valence-corrected chi connectivity index (χ1v) is 6.46. The third-order valence-electron chi connectivity index (χ3n) is 2.89. The Morgan fingerprint density at radius 3 is 2.47 bits per heavy atom. The van der Waals surface area contributed by atoms with Crippen molar-refractivity contribution < 1.29 is 9.59 Å². The number of nitrogens with one attached hydrogen (secondary N) is 2. The van der Waals surface area contributed by atoms with Crippen LogP contribution in [-0.2, 0) is 4.79 Å². The standard InChI is InChI=1S/C14H21N3O2/c1-4-17(5-2)14(19)11-7-6-8-12(9-11)16-10-13(18)15-3/h6-9,16H,4-5,10H2,1-3H3,(H,15,18). The van der Waals surface area contributed by atoms with Crippen LogP contribution in [0.4, 0.5) is 5.69 Å². The maximum absolute atomic E-state index is 12.2. The van der Waals surface area contributed by atoms with Crippen molar-refractivity contribution in [1.82, 2.24) is 10.2 Å². The van der Waals surface area contributed by atoms with Crippen LogP contribution in [0.1, 0.15) is 24.2 Å². The van der Waals surface area contributed by atoms with Crippen LogP contribution in [0, 0.1) is 0 Å². The zero-order chi connectivity index (χ0) is 14.3. The van der Waals surface area contributed by atoms with Gasteiger partial charge in [0, 0.05) is 31.4 Å². The van der Waals surface area contributed by atoms with E-state index in [0.717, 1.165) is 5.69 Å². The van der Waals surface area contributed by atoms with Gasteiger partial charge in [0.05, 0.1) is 6.54 Å². The van der Waals surface area contributed by atoms with Crippen molar-refractivity contribution in [3.63, 3.8) is 0 Å². The van der Waals surface area contributed by atoms with Crippen LogP contribution in [0.25, 0.3) is 0 Å². The zero-order valence-electron chi connectivity index (χ0n) is 11.7. The number of anilines is 1. The summed E-state index contributed by atoms with van der Waals surface area (Å²) in [6.07, 6.45) is 0. The molecule has 2 N–H and O–H groups in total. The molecule has 0 aliphatic carbocycles. The molecule has 5 nitrogen and oxygen atoms in total. The van der Waals surface area contributed by atoms with Crippen LogP contribution in [0.15, 0.2) is 24.3 Å². The van der Waals surface area contributed by atoms with Crippen molar-refractivity contribution in [3.8, 4) is 0 Å². The Kier molecular flexibility index (Phi) is 5.85. The van der Waals surface area contributed by atoms with E-state index in [1.807, 2.05) is 26.0 Å². The van der Waals surface area contributed by atoms with Crippen LogP contribution in [-0.4, -0.2) is 43.4 Å². The van der Waals surface area contributed by atoms with Gasteiger partial charge in [-0.1, -0.05) is 6.07 Å². The van der Waals surface area contributed by atoms with Gasteiger partial charge in [-0.25, -0.2) is 0 Å². The van der Waals surface area contributed by atoms with Gasteiger partial charge in [-0.15, -0.1) is 0 Å². The fraction of sp³-hybridized carbons (Fsp3) is 0.429. The Balaban J connectivity index is 2.76. The van der Waals surface area contributed by atoms with Gasteiger partial charge in [-0.3, -0.25) is 9.59 Å². The fourth-order valence-electron chi connectivity index (χ4n) is 1.73. The minimum absolute atomic E-state index is 0.00796. The van der Waals surface area contributed by atoms with Gasteiger partial charge in [0.15, 0.2) is 0 Å². The third-order valence-corrected chi connectivity index (χ3v) is 2.89. The maximum Gasteiger partial charge on any atom is 0.253 e. The van der Waals surface area contributed by atoms with Gasteiger partial charge in [0.1, 0.15) is 0 Å². The molecule has 0 aromatic heterocycles. The van der Waals surface area contributed by atoms with Gasteiger partial charge in [-0.05, 0) is 32.0 Å². The molecule has 0 saturated carbocycles. The number of benzene rings is 1. The Morgan fingerprint density at radius 2 is 1.89 bits per heavy atom. The van der Waals surface area contributed by atoms with E-state index >= 15 is 0 Å². The number of nitrogens with zero attached hydrogens (tertiary/aromatic N) is 1. The lowest BCUT2D eigenvalue weighted by Gasteiger charge is -2.19. The molecule has 0 unspecified atom stereocenters. The third kappa shape index (κ3) is 4.28. The quantitative estimate of drug-likeness (QED) is 0.814.